The molecule has 0 amide bonds. The number of nitro groups is 2. The second-order valence-corrected chi connectivity index (χ2v) is 10.6. The van der Waals surface area contributed by atoms with E-state index in [1.807, 2.05) is 6.07 Å². The third kappa shape index (κ3) is 4.27. The Morgan fingerprint density at radius 2 is 1.81 bits per heavy atom. The third-order valence-corrected chi connectivity index (χ3v) is 8.95. The van der Waals surface area contributed by atoms with Crippen LogP contribution in [0.25, 0.3) is 0 Å². The highest BCUT2D eigenvalue weighted by molar-refractivity contribution is 8.00. The smallest absolute Gasteiger partial charge is 0.335 e. The fraction of sp³-hybridized carbons (Fsp3) is 0.240. The van der Waals surface area contributed by atoms with Crippen LogP contribution in [0.15, 0.2) is 71.6 Å². The first-order chi connectivity index (χ1) is 17.2. The molecule has 1 fully saturated rings. The van der Waals surface area contributed by atoms with Crippen LogP contribution < -0.4 is 5.32 Å². The Kier molecular flexibility index (Phi) is 6.31. The zero-order chi connectivity index (χ0) is 25.6. The van der Waals surface area contributed by atoms with E-state index in [0.29, 0.717) is 11.3 Å². The summed E-state index contributed by atoms with van der Waals surface area (Å²) in [6.07, 6.45) is 0.576. The summed E-state index contributed by atoms with van der Waals surface area (Å²) in [5, 5.41) is 35.3. The van der Waals surface area contributed by atoms with Gasteiger partial charge in [0, 0.05) is 35.1 Å². The number of halogens is 1. The topological polar surface area (TPSA) is 136 Å². The van der Waals surface area contributed by atoms with E-state index >= 15 is 0 Å². The number of anilines is 1. The Morgan fingerprint density at radius 1 is 1.03 bits per heavy atom. The number of aromatic carboxylic acids is 1. The summed E-state index contributed by atoms with van der Waals surface area (Å²) < 4.78 is 0. The number of hydrogen-bond donors (Lipinski definition) is 2. The van der Waals surface area contributed by atoms with Crippen LogP contribution in [-0.4, -0.2) is 31.5 Å². The van der Waals surface area contributed by atoms with Crippen molar-refractivity contribution in [2.75, 3.05) is 5.32 Å². The molecule has 2 aliphatic rings. The van der Waals surface area contributed by atoms with Gasteiger partial charge in [-0.25, -0.2) is 4.79 Å². The van der Waals surface area contributed by atoms with Gasteiger partial charge in [0.15, 0.2) is 0 Å². The third-order valence-electron chi connectivity index (χ3n) is 6.84. The highest BCUT2D eigenvalue weighted by Gasteiger charge is 2.50. The molecule has 36 heavy (non-hydrogen) atoms. The molecule has 3 aromatic rings. The van der Waals surface area contributed by atoms with Gasteiger partial charge in [-0.15, -0.1) is 23.4 Å². The van der Waals surface area contributed by atoms with Crippen molar-refractivity contribution in [3.63, 3.8) is 0 Å². The minimum Gasteiger partial charge on any atom is -0.478 e. The monoisotopic (exact) mass is 525 g/mol. The molecule has 1 aliphatic carbocycles. The van der Waals surface area contributed by atoms with Gasteiger partial charge in [0.05, 0.1) is 31.7 Å². The SMILES string of the molecule is O=C(O)c1ccc2c(c1)[C@@H]1[C@H](Cl)[C@H](Sc3ccccc3[N+](=O)[O-])C[C@H]1[C@@H](c1cccc([N+](=O)[O-])c1)N2. The van der Waals surface area contributed by atoms with E-state index in [1.54, 1.807) is 36.4 Å². The fourth-order valence-electron chi connectivity index (χ4n) is 5.28. The molecule has 0 saturated heterocycles. The maximum Gasteiger partial charge on any atom is 0.335 e. The van der Waals surface area contributed by atoms with Crippen LogP contribution in [-0.2, 0) is 0 Å². The lowest BCUT2D eigenvalue weighted by Gasteiger charge is -2.38. The number of hydrogen-bond acceptors (Lipinski definition) is 7. The van der Waals surface area contributed by atoms with Gasteiger partial charge in [-0.3, -0.25) is 20.2 Å². The van der Waals surface area contributed by atoms with Crippen LogP contribution in [0.4, 0.5) is 17.1 Å². The van der Waals surface area contributed by atoms with Crippen molar-refractivity contribution in [1.82, 2.24) is 0 Å². The number of carboxylic acid groups (broad SMARTS) is 1. The number of non-ortho nitro benzene ring substituents is 1. The van der Waals surface area contributed by atoms with Gasteiger partial charge in [-0.2, -0.15) is 0 Å². The molecule has 5 atom stereocenters. The summed E-state index contributed by atoms with van der Waals surface area (Å²) in [5.41, 5.74) is 2.34. The summed E-state index contributed by atoms with van der Waals surface area (Å²) in [4.78, 5) is 34.3. The number of para-hydroxylation sites is 1. The summed E-state index contributed by atoms with van der Waals surface area (Å²) in [6.45, 7) is 0. The number of thioether (sulfide) groups is 1. The van der Waals surface area contributed by atoms with E-state index < -0.39 is 21.2 Å². The Balaban J connectivity index is 1.57. The molecule has 0 spiro atoms. The Hall–Kier alpha value is -3.63. The molecule has 1 saturated carbocycles. The summed E-state index contributed by atoms with van der Waals surface area (Å²) in [7, 11) is 0. The minimum atomic E-state index is -1.05. The van der Waals surface area contributed by atoms with E-state index in [1.165, 1.54) is 36.0 Å². The molecule has 0 radical (unpaired) electrons. The van der Waals surface area contributed by atoms with Crippen molar-refractivity contribution >= 4 is 46.4 Å². The number of benzene rings is 3. The number of carboxylic acids is 1. The number of rotatable bonds is 6. The predicted molar refractivity (Wildman–Crippen MR) is 136 cm³/mol. The second-order valence-electron chi connectivity index (χ2n) is 8.83. The second kappa shape index (κ2) is 9.44. The fourth-order valence-corrected chi connectivity index (χ4v) is 7.23. The molecule has 2 N–H and O–H groups in total. The quantitative estimate of drug-likeness (QED) is 0.219. The zero-order valence-electron chi connectivity index (χ0n) is 18.6. The lowest BCUT2D eigenvalue weighted by atomic mass is 9.76. The molecule has 0 aromatic heterocycles. The van der Waals surface area contributed by atoms with Gasteiger partial charge in [0.2, 0.25) is 0 Å². The van der Waals surface area contributed by atoms with Gasteiger partial charge in [-0.1, -0.05) is 24.3 Å². The largest absolute Gasteiger partial charge is 0.478 e. The zero-order valence-corrected chi connectivity index (χ0v) is 20.2. The van der Waals surface area contributed by atoms with Crippen molar-refractivity contribution in [2.24, 2.45) is 5.92 Å². The van der Waals surface area contributed by atoms with Crippen molar-refractivity contribution < 1.29 is 19.7 Å². The number of alkyl halides is 1. The summed E-state index contributed by atoms with van der Waals surface area (Å²) in [5.74, 6) is -1.43. The highest BCUT2D eigenvalue weighted by Crippen LogP contribution is 2.58. The van der Waals surface area contributed by atoms with Crippen molar-refractivity contribution in [3.05, 3.63) is 104 Å². The number of nitrogens with zero attached hydrogens (tertiary/aromatic N) is 2. The van der Waals surface area contributed by atoms with Crippen LogP contribution in [0.5, 0.6) is 0 Å². The Morgan fingerprint density at radius 3 is 2.53 bits per heavy atom. The molecule has 0 unspecified atom stereocenters. The Labute approximate surface area is 214 Å². The normalized spacial score (nSPS) is 24.3. The van der Waals surface area contributed by atoms with Crippen molar-refractivity contribution in [3.8, 4) is 0 Å². The van der Waals surface area contributed by atoms with E-state index in [2.05, 4.69) is 5.32 Å². The molecule has 184 valence electrons. The minimum absolute atomic E-state index is 0.00293. The van der Waals surface area contributed by atoms with Crippen LogP contribution in [0.1, 0.15) is 39.9 Å². The molecule has 3 aromatic carbocycles. The number of nitro benzene ring substituents is 2. The maximum absolute atomic E-state index is 11.7. The summed E-state index contributed by atoms with van der Waals surface area (Å²) >= 11 is 8.40. The van der Waals surface area contributed by atoms with E-state index in [-0.39, 0.29) is 40.1 Å². The summed E-state index contributed by atoms with van der Waals surface area (Å²) in [6, 6.07) is 17.5. The number of carbonyl (C=O) groups is 1. The molecular weight excluding hydrogens is 506 g/mol. The lowest BCUT2D eigenvalue weighted by molar-refractivity contribution is -0.387. The lowest BCUT2D eigenvalue weighted by Crippen LogP contribution is -2.31. The van der Waals surface area contributed by atoms with Crippen LogP contribution in [0.2, 0.25) is 0 Å². The molecule has 1 heterocycles. The number of fused-ring (bicyclic) bond motifs is 3. The molecular formula is C25H20ClN3O6S. The average molecular weight is 526 g/mol. The van der Waals surface area contributed by atoms with Gasteiger partial charge in [0.25, 0.3) is 11.4 Å². The highest BCUT2D eigenvalue weighted by atomic mass is 35.5. The average Bonchev–Trinajstić information content (AvgIpc) is 3.19. The first kappa shape index (κ1) is 24.1. The van der Waals surface area contributed by atoms with Crippen LogP contribution in [0, 0.1) is 26.1 Å². The molecule has 11 heteroatoms. The van der Waals surface area contributed by atoms with Crippen molar-refractivity contribution in [2.45, 2.75) is 33.9 Å². The van der Waals surface area contributed by atoms with Gasteiger partial charge >= 0.3 is 5.97 Å². The van der Waals surface area contributed by atoms with Crippen molar-refractivity contribution in [1.29, 1.82) is 0 Å². The first-order valence-corrected chi connectivity index (χ1v) is 12.5. The van der Waals surface area contributed by atoms with E-state index in [4.69, 9.17) is 11.6 Å². The van der Waals surface area contributed by atoms with Crippen LogP contribution in [0.3, 0.4) is 0 Å². The van der Waals surface area contributed by atoms with E-state index in [9.17, 15) is 30.1 Å². The molecule has 5 rings (SSSR count). The van der Waals surface area contributed by atoms with E-state index in [0.717, 1.165) is 16.8 Å². The van der Waals surface area contributed by atoms with Gasteiger partial charge in [0.1, 0.15) is 0 Å². The van der Waals surface area contributed by atoms with Crippen LogP contribution >= 0.6 is 23.4 Å². The first-order valence-electron chi connectivity index (χ1n) is 11.2. The maximum atomic E-state index is 11.7. The van der Waals surface area contributed by atoms with Gasteiger partial charge < -0.3 is 10.4 Å². The van der Waals surface area contributed by atoms with Gasteiger partial charge in [-0.05, 0) is 47.7 Å². The Bertz CT molecular complexity index is 1390. The number of nitrogens with one attached hydrogen (secondary N) is 1. The molecule has 0 bridgehead atoms. The molecule has 9 nitrogen and oxygen atoms in total. The standard InChI is InChI=1S/C25H20ClN3O6S/c26-23-21(36-20-7-2-1-6-19(20)29(34)35)12-17-22(23)16-11-14(25(30)31)8-9-18(16)27-24(17)13-4-3-5-15(10-13)28(32)33/h1-11,17,21-24,27H,12H2,(H,30,31)/t17-,21-,22+,23-,24-/m1/s1. The molecule has 1 aliphatic heterocycles. The predicted octanol–water partition coefficient (Wildman–Crippen LogP) is 6.24.